The number of benzene rings is 2. The number of hydrogen-bond acceptors (Lipinski definition) is 5. The Kier molecular flexibility index (Phi) is 8.51. The first-order valence-electron chi connectivity index (χ1n) is 10.4. The van der Waals surface area contributed by atoms with Crippen LogP contribution in [0.5, 0.6) is 5.75 Å². The Morgan fingerprint density at radius 2 is 1.97 bits per heavy atom. The molecule has 5 heteroatoms. The van der Waals surface area contributed by atoms with E-state index in [-0.39, 0.29) is 0 Å². The average molecular weight is 394 g/mol. The summed E-state index contributed by atoms with van der Waals surface area (Å²) in [5.74, 6) is 0.866. The zero-order chi connectivity index (χ0) is 20.3. The molecule has 29 heavy (non-hydrogen) atoms. The molecule has 5 nitrogen and oxygen atoms in total. The van der Waals surface area contributed by atoms with E-state index in [1.165, 1.54) is 16.7 Å². The molecular formula is C24H31N3O2. The van der Waals surface area contributed by atoms with Gasteiger partial charge in [-0.05, 0) is 36.6 Å². The van der Waals surface area contributed by atoms with Crippen molar-refractivity contribution in [2.45, 2.75) is 32.4 Å². The zero-order valence-electron chi connectivity index (χ0n) is 17.3. The number of aryl methyl sites for hydroxylation is 1. The van der Waals surface area contributed by atoms with Crippen molar-refractivity contribution in [3.8, 4) is 11.8 Å². The van der Waals surface area contributed by atoms with E-state index in [0.717, 1.165) is 51.6 Å². The van der Waals surface area contributed by atoms with Gasteiger partial charge < -0.3 is 14.8 Å². The molecule has 0 aliphatic carbocycles. The lowest BCUT2D eigenvalue weighted by Crippen LogP contribution is -2.42. The standard InChI is InChI=1S/C24H31N3O2/c1-20-7-9-22(10-8-20)24(27-12-15-28-16-13-27)19-26-18-21-5-4-6-23(17-21)29-14-3-2-11-25/h4-10,17,24,26H,2-3,12-16,18-19H2,1H3. The molecule has 2 aromatic rings. The van der Waals surface area contributed by atoms with Crippen LogP contribution >= 0.6 is 0 Å². The fourth-order valence-corrected chi connectivity index (χ4v) is 3.58. The van der Waals surface area contributed by atoms with E-state index in [4.69, 9.17) is 14.7 Å². The van der Waals surface area contributed by atoms with Crippen LogP contribution in [0.25, 0.3) is 0 Å². The Labute approximate surface area is 174 Å². The van der Waals surface area contributed by atoms with Crippen molar-refractivity contribution in [1.29, 1.82) is 5.26 Å². The van der Waals surface area contributed by atoms with Crippen molar-refractivity contribution in [2.24, 2.45) is 0 Å². The van der Waals surface area contributed by atoms with Crippen LogP contribution in [0, 0.1) is 18.3 Å². The summed E-state index contributed by atoms with van der Waals surface area (Å²) in [6.45, 7) is 7.91. The van der Waals surface area contributed by atoms with Gasteiger partial charge in [-0.1, -0.05) is 42.0 Å². The highest BCUT2D eigenvalue weighted by molar-refractivity contribution is 5.29. The molecule has 1 aliphatic rings. The number of morpholine rings is 1. The number of nitriles is 1. The molecule has 0 spiro atoms. The van der Waals surface area contributed by atoms with E-state index in [2.05, 4.69) is 59.6 Å². The second-order valence-electron chi connectivity index (χ2n) is 7.46. The molecule has 1 heterocycles. The van der Waals surface area contributed by atoms with Gasteiger partial charge in [0.2, 0.25) is 0 Å². The van der Waals surface area contributed by atoms with Gasteiger partial charge >= 0.3 is 0 Å². The van der Waals surface area contributed by atoms with E-state index in [0.29, 0.717) is 19.1 Å². The minimum Gasteiger partial charge on any atom is -0.494 e. The van der Waals surface area contributed by atoms with E-state index in [9.17, 15) is 0 Å². The normalized spacial score (nSPS) is 15.6. The second kappa shape index (κ2) is 11.6. The van der Waals surface area contributed by atoms with Crippen LogP contribution < -0.4 is 10.1 Å². The van der Waals surface area contributed by atoms with Crippen LogP contribution in [-0.4, -0.2) is 44.4 Å². The third-order valence-corrected chi connectivity index (χ3v) is 5.22. The molecular weight excluding hydrogens is 362 g/mol. The van der Waals surface area contributed by atoms with Crippen LogP contribution in [0.4, 0.5) is 0 Å². The molecule has 1 aliphatic heterocycles. The van der Waals surface area contributed by atoms with Gasteiger partial charge in [-0.2, -0.15) is 5.26 Å². The topological polar surface area (TPSA) is 57.5 Å². The minimum absolute atomic E-state index is 0.338. The Balaban J connectivity index is 1.56. The van der Waals surface area contributed by atoms with E-state index in [1.54, 1.807) is 0 Å². The highest BCUT2D eigenvalue weighted by Gasteiger charge is 2.22. The smallest absolute Gasteiger partial charge is 0.119 e. The average Bonchev–Trinajstić information content (AvgIpc) is 2.76. The number of ether oxygens (including phenoxy) is 2. The monoisotopic (exact) mass is 393 g/mol. The largest absolute Gasteiger partial charge is 0.494 e. The quantitative estimate of drug-likeness (QED) is 0.622. The highest BCUT2D eigenvalue weighted by atomic mass is 16.5. The molecule has 0 aromatic heterocycles. The second-order valence-corrected chi connectivity index (χ2v) is 7.46. The van der Waals surface area contributed by atoms with Crippen molar-refractivity contribution in [2.75, 3.05) is 39.5 Å². The summed E-state index contributed by atoms with van der Waals surface area (Å²) in [6.07, 6.45) is 1.29. The Morgan fingerprint density at radius 1 is 1.17 bits per heavy atom. The lowest BCUT2D eigenvalue weighted by molar-refractivity contribution is 0.0161. The zero-order valence-corrected chi connectivity index (χ0v) is 17.3. The van der Waals surface area contributed by atoms with Gasteiger partial charge in [0.25, 0.3) is 0 Å². The maximum Gasteiger partial charge on any atom is 0.119 e. The number of unbranched alkanes of at least 4 members (excludes halogenated alkanes) is 1. The van der Waals surface area contributed by atoms with Gasteiger partial charge in [-0.15, -0.1) is 0 Å². The Hall–Kier alpha value is -2.39. The van der Waals surface area contributed by atoms with Crippen molar-refractivity contribution in [1.82, 2.24) is 10.2 Å². The van der Waals surface area contributed by atoms with Crippen LogP contribution in [0.1, 0.15) is 35.6 Å². The molecule has 3 rings (SSSR count). The van der Waals surface area contributed by atoms with Crippen molar-refractivity contribution in [3.63, 3.8) is 0 Å². The van der Waals surface area contributed by atoms with Crippen LogP contribution in [-0.2, 0) is 11.3 Å². The van der Waals surface area contributed by atoms with Crippen molar-refractivity contribution in [3.05, 3.63) is 65.2 Å². The highest BCUT2D eigenvalue weighted by Crippen LogP contribution is 2.22. The van der Waals surface area contributed by atoms with E-state index < -0.39 is 0 Å². The van der Waals surface area contributed by atoms with E-state index in [1.807, 2.05) is 12.1 Å². The fourth-order valence-electron chi connectivity index (χ4n) is 3.58. The molecule has 0 bridgehead atoms. The molecule has 2 aromatic carbocycles. The third kappa shape index (κ3) is 6.86. The molecule has 1 N–H and O–H groups in total. The number of hydrogen-bond donors (Lipinski definition) is 1. The molecule has 0 amide bonds. The summed E-state index contributed by atoms with van der Waals surface area (Å²) >= 11 is 0. The summed E-state index contributed by atoms with van der Waals surface area (Å²) < 4.78 is 11.3. The SMILES string of the molecule is Cc1ccc(C(CNCc2cccc(OCCCC#N)c2)N2CCOCC2)cc1. The predicted octanol–water partition coefficient (Wildman–Crippen LogP) is 3.84. The number of nitrogens with one attached hydrogen (secondary N) is 1. The van der Waals surface area contributed by atoms with Crippen molar-refractivity contribution < 1.29 is 9.47 Å². The maximum atomic E-state index is 8.62. The van der Waals surface area contributed by atoms with Gasteiger partial charge in [0.15, 0.2) is 0 Å². The Morgan fingerprint density at radius 3 is 2.72 bits per heavy atom. The molecule has 1 atom stereocenters. The first-order chi connectivity index (χ1) is 14.3. The van der Waals surface area contributed by atoms with Gasteiger partial charge in [0.05, 0.1) is 25.9 Å². The first-order valence-corrected chi connectivity index (χ1v) is 10.4. The minimum atomic E-state index is 0.338. The summed E-state index contributed by atoms with van der Waals surface area (Å²) in [4.78, 5) is 2.51. The fraction of sp³-hybridized carbons (Fsp3) is 0.458. The maximum absolute atomic E-state index is 8.62. The lowest BCUT2D eigenvalue weighted by Gasteiger charge is -2.35. The first kappa shape index (κ1) is 21.3. The summed E-state index contributed by atoms with van der Waals surface area (Å²) in [5, 5.41) is 12.2. The predicted molar refractivity (Wildman–Crippen MR) is 115 cm³/mol. The number of nitrogens with zero attached hydrogens (tertiary/aromatic N) is 2. The summed E-state index contributed by atoms with van der Waals surface area (Å²) in [5.41, 5.74) is 3.83. The summed E-state index contributed by atoms with van der Waals surface area (Å²) in [6, 6.07) is 19.5. The van der Waals surface area contributed by atoms with E-state index >= 15 is 0 Å². The molecule has 1 unspecified atom stereocenters. The van der Waals surface area contributed by atoms with Crippen LogP contribution in [0.2, 0.25) is 0 Å². The van der Waals surface area contributed by atoms with Crippen LogP contribution in [0.3, 0.4) is 0 Å². The van der Waals surface area contributed by atoms with Crippen LogP contribution in [0.15, 0.2) is 48.5 Å². The number of rotatable bonds is 10. The lowest BCUT2D eigenvalue weighted by atomic mass is 10.0. The third-order valence-electron chi connectivity index (χ3n) is 5.22. The molecule has 154 valence electrons. The molecule has 1 fully saturated rings. The van der Waals surface area contributed by atoms with Gasteiger partial charge in [-0.3, -0.25) is 4.90 Å². The van der Waals surface area contributed by atoms with Gasteiger partial charge in [0.1, 0.15) is 5.75 Å². The molecule has 1 saturated heterocycles. The Bertz CT molecular complexity index is 779. The molecule has 0 saturated carbocycles. The molecule has 0 radical (unpaired) electrons. The van der Waals surface area contributed by atoms with Gasteiger partial charge in [0, 0.05) is 38.6 Å². The van der Waals surface area contributed by atoms with Crippen molar-refractivity contribution >= 4 is 0 Å². The summed E-state index contributed by atoms with van der Waals surface area (Å²) in [7, 11) is 0. The van der Waals surface area contributed by atoms with Gasteiger partial charge in [-0.25, -0.2) is 0 Å².